The fraction of sp³-hybridized carbons (Fsp3) is 0.391. The maximum Gasteiger partial charge on any atom is 0.233 e. The van der Waals surface area contributed by atoms with Crippen LogP contribution in [0.3, 0.4) is 0 Å². The first kappa shape index (κ1) is 20.6. The molecule has 0 saturated carbocycles. The summed E-state index contributed by atoms with van der Waals surface area (Å²) >= 11 is 1.45. The van der Waals surface area contributed by atoms with Crippen molar-refractivity contribution in [1.82, 2.24) is 24.6 Å². The summed E-state index contributed by atoms with van der Waals surface area (Å²) in [6.45, 7) is 5.14. The van der Waals surface area contributed by atoms with Gasteiger partial charge in [-0.2, -0.15) is 0 Å². The molecule has 2 aromatic heterocycles. The van der Waals surface area contributed by atoms with E-state index >= 15 is 0 Å². The first-order chi connectivity index (χ1) is 14.7. The summed E-state index contributed by atoms with van der Waals surface area (Å²) in [5.74, 6) is 1.29. The lowest BCUT2D eigenvalue weighted by atomic mass is 10.0. The summed E-state index contributed by atoms with van der Waals surface area (Å²) in [5.41, 5.74) is 3.21. The van der Waals surface area contributed by atoms with Crippen LogP contribution in [0.15, 0.2) is 53.9 Å². The number of amides is 1. The number of likely N-dealkylation sites (tertiary alicyclic amines) is 1. The largest absolute Gasteiger partial charge is 0.339 e. The number of rotatable bonds is 6. The van der Waals surface area contributed by atoms with Gasteiger partial charge in [-0.15, -0.1) is 10.2 Å². The normalized spacial score (nSPS) is 16.6. The van der Waals surface area contributed by atoms with E-state index < -0.39 is 0 Å². The highest BCUT2D eigenvalue weighted by atomic mass is 32.2. The molecular formula is C23H27N5OS. The summed E-state index contributed by atoms with van der Waals surface area (Å²) in [4.78, 5) is 18.9. The standard InChI is InChI=1S/C23H27N5OS/c1-3-18-7-9-20(10-8-18)28-22(19-11-13-24-14-12-19)25-26-23(28)30-16-21(29)27-15-5-4-6-17(27)2/h7-14,17H,3-6,15-16H2,1-2H3/t17-/m1/s1. The highest BCUT2D eigenvalue weighted by molar-refractivity contribution is 7.99. The van der Waals surface area contributed by atoms with Crippen molar-refractivity contribution in [2.45, 2.75) is 50.7 Å². The zero-order valence-corrected chi connectivity index (χ0v) is 18.3. The number of benzene rings is 1. The first-order valence-corrected chi connectivity index (χ1v) is 11.5. The molecule has 3 heterocycles. The average Bonchev–Trinajstić information content (AvgIpc) is 3.22. The van der Waals surface area contributed by atoms with Gasteiger partial charge in [0.2, 0.25) is 5.91 Å². The van der Waals surface area contributed by atoms with Crippen LogP contribution < -0.4 is 0 Å². The van der Waals surface area contributed by atoms with E-state index in [4.69, 9.17) is 0 Å². The van der Waals surface area contributed by atoms with Gasteiger partial charge in [-0.05, 0) is 62.4 Å². The second-order valence-electron chi connectivity index (χ2n) is 7.62. The van der Waals surface area contributed by atoms with Crippen molar-refractivity contribution in [3.8, 4) is 17.1 Å². The van der Waals surface area contributed by atoms with Crippen LogP contribution in [0.5, 0.6) is 0 Å². The minimum absolute atomic E-state index is 0.175. The van der Waals surface area contributed by atoms with Crippen molar-refractivity contribution >= 4 is 17.7 Å². The van der Waals surface area contributed by atoms with E-state index in [1.807, 2.05) is 21.6 Å². The summed E-state index contributed by atoms with van der Waals surface area (Å²) in [5, 5.41) is 9.61. The SMILES string of the molecule is CCc1ccc(-n2c(SCC(=O)N3CCCC[C@H]3C)nnc2-c2ccncc2)cc1. The molecule has 1 aliphatic heterocycles. The Balaban J connectivity index is 1.62. The van der Waals surface area contributed by atoms with Gasteiger partial charge in [0.05, 0.1) is 5.75 Å². The third kappa shape index (κ3) is 4.41. The highest BCUT2D eigenvalue weighted by Gasteiger charge is 2.24. The molecule has 30 heavy (non-hydrogen) atoms. The van der Waals surface area contributed by atoms with Gasteiger partial charge in [-0.3, -0.25) is 14.3 Å². The Morgan fingerprint density at radius 1 is 1.10 bits per heavy atom. The van der Waals surface area contributed by atoms with Crippen LogP contribution in [0.2, 0.25) is 0 Å². The van der Waals surface area contributed by atoms with Crippen LogP contribution in [0.25, 0.3) is 17.1 Å². The topological polar surface area (TPSA) is 63.9 Å². The van der Waals surface area contributed by atoms with Gasteiger partial charge in [0.1, 0.15) is 0 Å². The van der Waals surface area contributed by atoms with E-state index in [1.165, 1.54) is 23.7 Å². The molecule has 4 rings (SSSR count). The zero-order valence-electron chi connectivity index (χ0n) is 17.5. The smallest absolute Gasteiger partial charge is 0.233 e. The lowest BCUT2D eigenvalue weighted by molar-refractivity contribution is -0.131. The molecule has 156 valence electrons. The molecule has 0 unspecified atom stereocenters. The number of hydrogen-bond donors (Lipinski definition) is 0. The van der Waals surface area contributed by atoms with Gasteiger partial charge in [0.15, 0.2) is 11.0 Å². The number of nitrogens with zero attached hydrogens (tertiary/aromatic N) is 5. The molecule has 0 radical (unpaired) electrons. The predicted molar refractivity (Wildman–Crippen MR) is 120 cm³/mol. The van der Waals surface area contributed by atoms with E-state index in [9.17, 15) is 4.79 Å². The maximum atomic E-state index is 12.8. The molecule has 6 nitrogen and oxygen atoms in total. The second kappa shape index (κ2) is 9.43. The molecule has 1 amide bonds. The van der Waals surface area contributed by atoms with Gasteiger partial charge < -0.3 is 4.90 Å². The molecule has 7 heteroatoms. The molecule has 0 N–H and O–H groups in total. The summed E-state index contributed by atoms with van der Waals surface area (Å²) in [6.07, 6.45) is 7.87. The Morgan fingerprint density at radius 3 is 2.57 bits per heavy atom. The van der Waals surface area contributed by atoms with Gasteiger partial charge >= 0.3 is 0 Å². The van der Waals surface area contributed by atoms with Gasteiger partial charge in [-0.1, -0.05) is 30.8 Å². The minimum Gasteiger partial charge on any atom is -0.339 e. The number of pyridine rings is 1. The van der Waals surface area contributed by atoms with Crippen LogP contribution in [0.4, 0.5) is 0 Å². The predicted octanol–water partition coefficient (Wildman–Crippen LogP) is 4.38. The number of aromatic nitrogens is 4. The van der Waals surface area contributed by atoms with Crippen molar-refractivity contribution in [1.29, 1.82) is 0 Å². The molecular weight excluding hydrogens is 394 g/mol. The van der Waals surface area contributed by atoms with Crippen molar-refractivity contribution in [3.05, 3.63) is 54.4 Å². The molecule has 3 aromatic rings. The number of carbonyl (C=O) groups is 1. The van der Waals surface area contributed by atoms with Crippen LogP contribution in [-0.4, -0.2) is 48.9 Å². The fourth-order valence-corrected chi connectivity index (χ4v) is 4.68. The Bertz CT molecular complexity index is 987. The number of thioether (sulfide) groups is 1. The molecule has 1 saturated heterocycles. The summed E-state index contributed by atoms with van der Waals surface area (Å²) in [7, 11) is 0. The number of aryl methyl sites for hydroxylation is 1. The second-order valence-corrected chi connectivity index (χ2v) is 8.56. The third-order valence-electron chi connectivity index (χ3n) is 5.62. The van der Waals surface area contributed by atoms with E-state index in [-0.39, 0.29) is 5.91 Å². The van der Waals surface area contributed by atoms with Crippen LogP contribution >= 0.6 is 11.8 Å². The van der Waals surface area contributed by atoms with E-state index in [2.05, 4.69) is 53.3 Å². The van der Waals surface area contributed by atoms with E-state index in [0.717, 1.165) is 48.0 Å². The monoisotopic (exact) mass is 421 g/mol. The lowest BCUT2D eigenvalue weighted by Gasteiger charge is -2.33. The Labute approximate surface area is 181 Å². The van der Waals surface area contributed by atoms with Crippen molar-refractivity contribution in [3.63, 3.8) is 0 Å². The molecule has 0 spiro atoms. The zero-order chi connectivity index (χ0) is 20.9. The third-order valence-corrected chi connectivity index (χ3v) is 6.54. The number of piperidine rings is 1. The number of hydrogen-bond acceptors (Lipinski definition) is 5. The first-order valence-electron chi connectivity index (χ1n) is 10.5. The fourth-order valence-electron chi connectivity index (χ4n) is 3.84. The average molecular weight is 422 g/mol. The van der Waals surface area contributed by atoms with E-state index in [0.29, 0.717) is 11.8 Å². The van der Waals surface area contributed by atoms with Crippen LogP contribution in [0.1, 0.15) is 38.7 Å². The van der Waals surface area contributed by atoms with Crippen LogP contribution in [-0.2, 0) is 11.2 Å². The lowest BCUT2D eigenvalue weighted by Crippen LogP contribution is -2.42. The van der Waals surface area contributed by atoms with Crippen molar-refractivity contribution in [2.75, 3.05) is 12.3 Å². The summed E-state index contributed by atoms with van der Waals surface area (Å²) in [6, 6.07) is 12.6. The Kier molecular flexibility index (Phi) is 6.47. The van der Waals surface area contributed by atoms with Crippen molar-refractivity contribution in [2.24, 2.45) is 0 Å². The highest BCUT2D eigenvalue weighted by Crippen LogP contribution is 2.28. The Morgan fingerprint density at radius 2 is 1.87 bits per heavy atom. The quantitative estimate of drug-likeness (QED) is 0.553. The maximum absolute atomic E-state index is 12.8. The molecule has 0 aliphatic carbocycles. The van der Waals surface area contributed by atoms with Gasteiger partial charge in [-0.25, -0.2) is 0 Å². The van der Waals surface area contributed by atoms with Gasteiger partial charge in [0.25, 0.3) is 0 Å². The van der Waals surface area contributed by atoms with Crippen LogP contribution in [0, 0.1) is 0 Å². The molecule has 1 aromatic carbocycles. The summed E-state index contributed by atoms with van der Waals surface area (Å²) < 4.78 is 2.03. The molecule has 1 aliphatic rings. The van der Waals surface area contributed by atoms with Crippen molar-refractivity contribution < 1.29 is 4.79 Å². The molecule has 1 fully saturated rings. The number of carbonyl (C=O) groups excluding carboxylic acids is 1. The Hall–Kier alpha value is -2.67. The molecule has 1 atom stereocenters. The molecule has 0 bridgehead atoms. The minimum atomic E-state index is 0.175. The van der Waals surface area contributed by atoms with Gasteiger partial charge in [0, 0.05) is 36.2 Å². The van der Waals surface area contributed by atoms with E-state index in [1.54, 1.807) is 12.4 Å².